The Morgan fingerprint density at radius 2 is 2.11 bits per heavy atom. The van der Waals surface area contributed by atoms with E-state index in [1.54, 1.807) is 28.8 Å². The molecule has 6 nitrogen and oxygen atoms in total. The Kier molecular flexibility index (Phi) is 4.86. The minimum Gasteiger partial charge on any atom is -0.467 e. The first-order valence-corrected chi connectivity index (χ1v) is 10.1. The average molecular weight is 385 g/mol. The molecule has 0 unspecified atom stereocenters. The van der Waals surface area contributed by atoms with Crippen molar-refractivity contribution in [2.75, 3.05) is 25.0 Å². The topological polar surface area (TPSA) is 62.5 Å². The van der Waals surface area contributed by atoms with E-state index in [0.717, 1.165) is 42.3 Å². The molecule has 0 spiro atoms. The molecule has 3 aromatic heterocycles. The number of fused-ring (bicyclic) bond motifs is 1. The third-order valence-corrected chi connectivity index (χ3v) is 6.55. The van der Waals surface area contributed by atoms with E-state index in [1.807, 2.05) is 19.2 Å². The fraction of sp³-hybridized carbons (Fsp3) is 0.450. The van der Waals surface area contributed by atoms with E-state index in [1.165, 1.54) is 15.8 Å². The van der Waals surface area contributed by atoms with Gasteiger partial charge in [-0.15, -0.1) is 11.3 Å². The molecule has 142 valence electrons. The molecule has 0 aliphatic carbocycles. The predicted octanol–water partition coefficient (Wildman–Crippen LogP) is 3.78. The van der Waals surface area contributed by atoms with E-state index < -0.39 is 0 Å². The van der Waals surface area contributed by atoms with Crippen molar-refractivity contribution in [1.29, 1.82) is 0 Å². The van der Waals surface area contributed by atoms with Crippen molar-refractivity contribution in [2.45, 2.75) is 33.2 Å². The van der Waals surface area contributed by atoms with Gasteiger partial charge in [0.05, 0.1) is 18.2 Å². The number of thiophene rings is 1. The zero-order valence-corrected chi connectivity index (χ0v) is 16.8. The Morgan fingerprint density at radius 1 is 1.33 bits per heavy atom. The normalized spacial score (nSPS) is 15.4. The van der Waals surface area contributed by atoms with Crippen LogP contribution in [0.5, 0.6) is 0 Å². The van der Waals surface area contributed by atoms with Crippen LogP contribution in [0.3, 0.4) is 0 Å². The highest BCUT2D eigenvalue weighted by Crippen LogP contribution is 2.35. The molecule has 0 N–H and O–H groups in total. The first-order valence-electron chi connectivity index (χ1n) is 9.27. The Labute approximate surface area is 162 Å². The molecular formula is C20H24N4O2S. The summed E-state index contributed by atoms with van der Waals surface area (Å²) in [5.41, 5.74) is 1.27. The summed E-state index contributed by atoms with van der Waals surface area (Å²) in [7, 11) is 1.85. The van der Waals surface area contributed by atoms with Gasteiger partial charge in [-0.05, 0) is 44.4 Å². The highest BCUT2D eigenvalue weighted by molar-refractivity contribution is 7.18. The molecular weight excluding hydrogens is 360 g/mol. The zero-order chi connectivity index (χ0) is 19.0. The summed E-state index contributed by atoms with van der Waals surface area (Å²) < 4.78 is 5.36. The molecule has 0 bridgehead atoms. The molecule has 27 heavy (non-hydrogen) atoms. The fourth-order valence-electron chi connectivity index (χ4n) is 3.77. The number of hydrogen-bond donors (Lipinski definition) is 0. The molecule has 3 aromatic rings. The van der Waals surface area contributed by atoms with Gasteiger partial charge in [-0.1, -0.05) is 0 Å². The van der Waals surface area contributed by atoms with Crippen LogP contribution in [0.2, 0.25) is 0 Å². The molecule has 7 heteroatoms. The molecule has 0 radical (unpaired) electrons. The lowest BCUT2D eigenvalue weighted by Crippen LogP contribution is -2.41. The third kappa shape index (κ3) is 3.43. The van der Waals surface area contributed by atoms with Gasteiger partial charge in [0.1, 0.15) is 22.7 Å². The summed E-state index contributed by atoms with van der Waals surface area (Å²) in [4.78, 5) is 28.2. The number of nitrogens with zero attached hydrogens (tertiary/aromatic N) is 4. The van der Waals surface area contributed by atoms with Crippen LogP contribution >= 0.6 is 11.3 Å². The number of furan rings is 1. The monoisotopic (exact) mass is 384 g/mol. The molecule has 4 heterocycles. The second-order valence-corrected chi connectivity index (χ2v) is 8.40. The molecule has 1 saturated heterocycles. The first kappa shape index (κ1) is 18.0. The van der Waals surface area contributed by atoms with Crippen molar-refractivity contribution in [2.24, 2.45) is 5.92 Å². The van der Waals surface area contributed by atoms with Gasteiger partial charge in [-0.25, -0.2) is 9.97 Å². The first-order chi connectivity index (χ1) is 13.0. The molecule has 1 fully saturated rings. The van der Waals surface area contributed by atoms with Crippen molar-refractivity contribution in [3.63, 3.8) is 0 Å². The van der Waals surface area contributed by atoms with Crippen molar-refractivity contribution >= 4 is 33.3 Å². The van der Waals surface area contributed by atoms with Gasteiger partial charge in [0.15, 0.2) is 0 Å². The van der Waals surface area contributed by atoms with Gasteiger partial charge >= 0.3 is 0 Å². The Hall–Kier alpha value is -2.41. The van der Waals surface area contributed by atoms with Crippen LogP contribution < -0.4 is 4.90 Å². The number of carbonyl (C=O) groups excluding carboxylic acids is 1. The maximum atomic E-state index is 12.8. The van der Waals surface area contributed by atoms with Gasteiger partial charge in [0.2, 0.25) is 5.91 Å². The highest BCUT2D eigenvalue weighted by Gasteiger charge is 2.29. The molecule has 0 aromatic carbocycles. The minimum atomic E-state index is 0.0591. The standard InChI is InChI=1S/C20H24N4O2S/c1-13-14(2)27-19-17(13)18(21-12-22-19)24-8-6-15(7-9-24)20(25)23(3)11-16-5-4-10-26-16/h4-5,10,12,15H,6-9,11H2,1-3H3. The number of anilines is 1. The summed E-state index contributed by atoms with van der Waals surface area (Å²) in [6.07, 6.45) is 4.98. The van der Waals surface area contributed by atoms with Gasteiger partial charge in [-0.3, -0.25) is 4.79 Å². The van der Waals surface area contributed by atoms with Crippen molar-refractivity contribution in [3.8, 4) is 0 Å². The van der Waals surface area contributed by atoms with Crippen molar-refractivity contribution < 1.29 is 9.21 Å². The van der Waals surface area contributed by atoms with E-state index >= 15 is 0 Å². The maximum Gasteiger partial charge on any atom is 0.225 e. The van der Waals surface area contributed by atoms with Crippen LogP contribution in [-0.4, -0.2) is 40.9 Å². The second kappa shape index (κ2) is 7.31. The molecule has 1 aliphatic rings. The quantitative estimate of drug-likeness (QED) is 0.685. The van der Waals surface area contributed by atoms with Crippen molar-refractivity contribution in [1.82, 2.24) is 14.9 Å². The number of aromatic nitrogens is 2. The number of rotatable bonds is 4. The molecule has 1 amide bonds. The van der Waals surface area contributed by atoms with Gasteiger partial charge in [-0.2, -0.15) is 0 Å². The summed E-state index contributed by atoms with van der Waals surface area (Å²) >= 11 is 1.72. The van der Waals surface area contributed by atoms with Crippen LogP contribution in [0.15, 0.2) is 29.1 Å². The summed E-state index contributed by atoms with van der Waals surface area (Å²) in [5, 5.41) is 1.17. The Morgan fingerprint density at radius 3 is 2.81 bits per heavy atom. The van der Waals surface area contributed by atoms with Gasteiger partial charge in [0.25, 0.3) is 0 Å². The Bertz CT molecular complexity index is 942. The lowest BCUT2D eigenvalue weighted by atomic mass is 9.95. The molecule has 4 rings (SSSR count). The summed E-state index contributed by atoms with van der Waals surface area (Å²) in [6, 6.07) is 3.75. The third-order valence-electron chi connectivity index (χ3n) is 5.44. The van der Waals surface area contributed by atoms with Crippen molar-refractivity contribution in [3.05, 3.63) is 40.9 Å². The van der Waals surface area contributed by atoms with E-state index in [-0.39, 0.29) is 11.8 Å². The lowest BCUT2D eigenvalue weighted by molar-refractivity contribution is -0.135. The molecule has 0 atom stereocenters. The number of hydrogen-bond acceptors (Lipinski definition) is 6. The molecule has 0 saturated carbocycles. The lowest BCUT2D eigenvalue weighted by Gasteiger charge is -2.34. The summed E-state index contributed by atoms with van der Waals surface area (Å²) in [5.74, 6) is 2.08. The highest BCUT2D eigenvalue weighted by atomic mass is 32.1. The largest absolute Gasteiger partial charge is 0.467 e. The van der Waals surface area contributed by atoms with Gasteiger partial charge < -0.3 is 14.2 Å². The van der Waals surface area contributed by atoms with E-state index in [4.69, 9.17) is 4.42 Å². The number of aryl methyl sites for hydroxylation is 2. The number of amides is 1. The van der Waals surface area contributed by atoms with E-state index in [0.29, 0.717) is 6.54 Å². The van der Waals surface area contributed by atoms with Gasteiger partial charge in [0, 0.05) is 30.9 Å². The van der Waals surface area contributed by atoms with Crippen LogP contribution in [0, 0.1) is 19.8 Å². The van der Waals surface area contributed by atoms with Crippen LogP contribution in [0.1, 0.15) is 29.0 Å². The van der Waals surface area contributed by atoms with Crippen LogP contribution in [0.25, 0.3) is 10.2 Å². The SMILES string of the molecule is Cc1sc2ncnc(N3CCC(C(=O)N(C)Cc4ccco4)CC3)c2c1C. The summed E-state index contributed by atoms with van der Waals surface area (Å²) in [6.45, 7) is 6.47. The van der Waals surface area contributed by atoms with E-state index in [2.05, 4.69) is 28.7 Å². The predicted molar refractivity (Wildman–Crippen MR) is 107 cm³/mol. The second-order valence-electron chi connectivity index (χ2n) is 7.20. The number of carbonyl (C=O) groups is 1. The average Bonchev–Trinajstić information content (AvgIpc) is 3.29. The van der Waals surface area contributed by atoms with Crippen LogP contribution in [-0.2, 0) is 11.3 Å². The minimum absolute atomic E-state index is 0.0591. The Balaban J connectivity index is 1.44. The fourth-order valence-corrected chi connectivity index (χ4v) is 4.76. The maximum absolute atomic E-state index is 12.8. The van der Waals surface area contributed by atoms with E-state index in [9.17, 15) is 4.79 Å². The zero-order valence-electron chi connectivity index (χ0n) is 15.9. The number of piperidine rings is 1. The van der Waals surface area contributed by atoms with Crippen LogP contribution in [0.4, 0.5) is 5.82 Å². The molecule has 1 aliphatic heterocycles. The smallest absolute Gasteiger partial charge is 0.225 e.